The van der Waals surface area contributed by atoms with Gasteiger partial charge in [0.1, 0.15) is 6.61 Å². The lowest BCUT2D eigenvalue weighted by Gasteiger charge is -2.14. The van der Waals surface area contributed by atoms with Gasteiger partial charge in [0, 0.05) is 12.5 Å². The fourth-order valence-electron chi connectivity index (χ4n) is 2.86. The normalized spacial score (nSPS) is 10.8. The number of carbonyl (C=O) groups is 1. The number of para-hydroxylation sites is 1. The summed E-state index contributed by atoms with van der Waals surface area (Å²) < 4.78 is 10.8. The van der Waals surface area contributed by atoms with Gasteiger partial charge in [-0.15, -0.1) is 0 Å². The molecular formula is C21H21NO3. The number of esters is 1. The Bertz CT molecular complexity index is 901. The average molecular weight is 335 g/mol. The number of carbonyl (C=O) groups excluding carboxylic acids is 1. The number of nitrogens with zero attached hydrogens (tertiary/aromatic N) is 1. The Hall–Kier alpha value is -2.72. The maximum absolute atomic E-state index is 12.7. The van der Waals surface area contributed by atoms with E-state index in [1.54, 1.807) is 7.11 Å². The first-order valence-electron chi connectivity index (χ1n) is 8.20. The van der Waals surface area contributed by atoms with Crippen LogP contribution < -0.4 is 0 Å². The summed E-state index contributed by atoms with van der Waals surface area (Å²) in [5, 5.41) is 0.949. The monoisotopic (exact) mass is 335 g/mol. The molecule has 0 aliphatic carbocycles. The maximum Gasteiger partial charge on any atom is 0.340 e. The van der Waals surface area contributed by atoms with E-state index in [1.165, 1.54) is 5.56 Å². The summed E-state index contributed by atoms with van der Waals surface area (Å²) in [6, 6.07) is 15.7. The lowest BCUT2D eigenvalue weighted by molar-refractivity contribution is 0.0466. The second-order valence-corrected chi connectivity index (χ2v) is 6.07. The summed E-state index contributed by atoms with van der Waals surface area (Å²) in [5.74, 6) is -0.372. The highest BCUT2D eigenvalue weighted by atomic mass is 16.5. The molecule has 128 valence electrons. The van der Waals surface area contributed by atoms with E-state index in [-0.39, 0.29) is 19.2 Å². The zero-order valence-electron chi connectivity index (χ0n) is 14.7. The molecule has 4 heteroatoms. The molecule has 0 N–H and O–H groups in total. The predicted octanol–water partition coefficient (Wildman–Crippen LogP) is 4.36. The minimum atomic E-state index is -0.372. The van der Waals surface area contributed by atoms with Crippen molar-refractivity contribution in [3.05, 3.63) is 76.5 Å². The van der Waals surface area contributed by atoms with Gasteiger partial charge in [-0.2, -0.15) is 0 Å². The molecule has 1 heterocycles. The van der Waals surface area contributed by atoms with Crippen molar-refractivity contribution in [2.45, 2.75) is 27.1 Å². The van der Waals surface area contributed by atoms with Crippen LogP contribution in [0.15, 0.2) is 48.5 Å². The van der Waals surface area contributed by atoms with Gasteiger partial charge in [-0.1, -0.05) is 48.0 Å². The van der Waals surface area contributed by atoms with E-state index in [0.29, 0.717) is 11.3 Å². The van der Waals surface area contributed by atoms with Crippen LogP contribution in [0.5, 0.6) is 0 Å². The molecule has 0 aliphatic heterocycles. The molecule has 0 aliphatic rings. The molecule has 0 unspecified atom stereocenters. The summed E-state index contributed by atoms with van der Waals surface area (Å²) >= 11 is 0. The van der Waals surface area contributed by atoms with Gasteiger partial charge in [0.15, 0.2) is 0 Å². The summed E-state index contributed by atoms with van der Waals surface area (Å²) in [4.78, 5) is 17.3. The third kappa shape index (κ3) is 3.69. The maximum atomic E-state index is 12.7. The fraction of sp³-hybridized carbons (Fsp3) is 0.238. The van der Waals surface area contributed by atoms with Gasteiger partial charge in [-0.3, -0.25) is 0 Å². The van der Waals surface area contributed by atoms with E-state index >= 15 is 0 Å². The second kappa shape index (κ2) is 7.45. The molecule has 0 radical (unpaired) electrons. The fourth-order valence-corrected chi connectivity index (χ4v) is 2.86. The van der Waals surface area contributed by atoms with Crippen molar-refractivity contribution in [2.24, 2.45) is 0 Å². The number of aryl methyl sites for hydroxylation is 2. The van der Waals surface area contributed by atoms with Crippen molar-refractivity contribution in [3.63, 3.8) is 0 Å². The minimum Gasteiger partial charge on any atom is -0.457 e. The molecule has 2 aromatic carbocycles. The van der Waals surface area contributed by atoms with Crippen molar-refractivity contribution in [2.75, 3.05) is 7.11 Å². The van der Waals surface area contributed by atoms with Crippen molar-refractivity contribution >= 4 is 16.9 Å². The number of pyridine rings is 1. The van der Waals surface area contributed by atoms with E-state index < -0.39 is 0 Å². The number of aromatic nitrogens is 1. The zero-order valence-corrected chi connectivity index (χ0v) is 14.7. The first kappa shape index (κ1) is 17.1. The molecule has 0 amide bonds. The van der Waals surface area contributed by atoms with E-state index in [0.717, 1.165) is 22.0 Å². The van der Waals surface area contributed by atoms with Crippen molar-refractivity contribution in [3.8, 4) is 0 Å². The second-order valence-electron chi connectivity index (χ2n) is 6.07. The number of methoxy groups -OCH3 is 1. The molecular weight excluding hydrogens is 314 g/mol. The van der Waals surface area contributed by atoms with Gasteiger partial charge in [0.05, 0.1) is 23.4 Å². The Morgan fingerprint density at radius 1 is 1.00 bits per heavy atom. The van der Waals surface area contributed by atoms with Crippen LogP contribution in [0, 0.1) is 13.8 Å². The van der Waals surface area contributed by atoms with E-state index in [2.05, 4.69) is 4.98 Å². The van der Waals surface area contributed by atoms with Gasteiger partial charge < -0.3 is 9.47 Å². The van der Waals surface area contributed by atoms with E-state index in [9.17, 15) is 4.79 Å². The van der Waals surface area contributed by atoms with Crippen LogP contribution in [-0.4, -0.2) is 18.1 Å². The van der Waals surface area contributed by atoms with E-state index in [1.807, 2.05) is 62.4 Å². The smallest absolute Gasteiger partial charge is 0.340 e. The SMILES string of the molecule is COCc1nc2ccccc2c(C)c1C(=O)OCc1ccc(C)cc1. The first-order valence-corrected chi connectivity index (χ1v) is 8.20. The molecule has 1 aromatic heterocycles. The number of hydrogen-bond acceptors (Lipinski definition) is 4. The molecule has 25 heavy (non-hydrogen) atoms. The van der Waals surface area contributed by atoms with Crippen molar-refractivity contribution < 1.29 is 14.3 Å². The van der Waals surface area contributed by atoms with Crippen LogP contribution >= 0.6 is 0 Å². The number of hydrogen-bond donors (Lipinski definition) is 0. The molecule has 0 atom stereocenters. The first-order chi connectivity index (χ1) is 12.1. The third-order valence-corrected chi connectivity index (χ3v) is 4.20. The summed E-state index contributed by atoms with van der Waals surface area (Å²) in [7, 11) is 1.59. The Morgan fingerprint density at radius 2 is 1.72 bits per heavy atom. The minimum absolute atomic E-state index is 0.234. The van der Waals surface area contributed by atoms with Crippen molar-refractivity contribution in [1.82, 2.24) is 4.98 Å². The third-order valence-electron chi connectivity index (χ3n) is 4.20. The van der Waals surface area contributed by atoms with Crippen LogP contribution in [0.2, 0.25) is 0 Å². The number of rotatable bonds is 5. The van der Waals surface area contributed by atoms with E-state index in [4.69, 9.17) is 9.47 Å². The molecule has 4 nitrogen and oxygen atoms in total. The Labute approximate surface area is 147 Å². The summed E-state index contributed by atoms with van der Waals surface area (Å²) in [6.07, 6.45) is 0. The van der Waals surface area contributed by atoms with Gasteiger partial charge >= 0.3 is 5.97 Å². The van der Waals surface area contributed by atoms with Crippen LogP contribution in [-0.2, 0) is 22.7 Å². The molecule has 0 saturated heterocycles. The van der Waals surface area contributed by atoms with Gasteiger partial charge in [0.25, 0.3) is 0 Å². The Morgan fingerprint density at radius 3 is 2.44 bits per heavy atom. The summed E-state index contributed by atoms with van der Waals surface area (Å²) in [5.41, 5.74) is 4.94. The predicted molar refractivity (Wildman–Crippen MR) is 97.5 cm³/mol. The van der Waals surface area contributed by atoms with Gasteiger partial charge in [-0.05, 0) is 31.0 Å². The van der Waals surface area contributed by atoms with Crippen molar-refractivity contribution in [1.29, 1.82) is 0 Å². The van der Waals surface area contributed by atoms with Crippen LogP contribution in [0.3, 0.4) is 0 Å². The number of benzene rings is 2. The molecule has 0 bridgehead atoms. The van der Waals surface area contributed by atoms with Gasteiger partial charge in [-0.25, -0.2) is 9.78 Å². The standard InChI is InChI=1S/C21H21NO3/c1-14-8-10-16(11-9-14)12-25-21(23)20-15(2)17-6-4-5-7-18(17)22-19(20)13-24-3/h4-11H,12-13H2,1-3H3. The number of ether oxygens (including phenoxy) is 2. The molecule has 0 fully saturated rings. The molecule has 0 spiro atoms. The van der Waals surface area contributed by atoms with Crippen LogP contribution in [0.1, 0.15) is 32.7 Å². The van der Waals surface area contributed by atoms with Gasteiger partial charge in [0.2, 0.25) is 0 Å². The molecule has 3 rings (SSSR count). The lowest BCUT2D eigenvalue weighted by atomic mass is 10.0. The largest absolute Gasteiger partial charge is 0.457 e. The highest BCUT2D eigenvalue weighted by Gasteiger charge is 2.20. The number of fused-ring (bicyclic) bond motifs is 1. The Balaban J connectivity index is 1.92. The highest BCUT2D eigenvalue weighted by Crippen LogP contribution is 2.24. The quantitative estimate of drug-likeness (QED) is 0.650. The molecule has 3 aromatic rings. The Kier molecular flexibility index (Phi) is 5.10. The topological polar surface area (TPSA) is 48.4 Å². The zero-order chi connectivity index (χ0) is 17.8. The average Bonchev–Trinajstić information content (AvgIpc) is 2.61. The van der Waals surface area contributed by atoms with Crippen LogP contribution in [0.4, 0.5) is 0 Å². The summed E-state index contributed by atoms with van der Waals surface area (Å²) in [6.45, 7) is 4.45. The van der Waals surface area contributed by atoms with Crippen LogP contribution in [0.25, 0.3) is 10.9 Å². The highest BCUT2D eigenvalue weighted by molar-refractivity contribution is 5.98. The molecule has 0 saturated carbocycles. The lowest BCUT2D eigenvalue weighted by Crippen LogP contribution is -2.13.